The molecule has 1 N–H and O–H groups in total. The maximum atomic E-state index is 14.7. The fourth-order valence-corrected chi connectivity index (χ4v) is 5.00. The van der Waals surface area contributed by atoms with Gasteiger partial charge in [0.15, 0.2) is 0 Å². The minimum atomic E-state index is -4.26. The number of rotatable bonds is 13. The van der Waals surface area contributed by atoms with E-state index in [2.05, 4.69) is 5.32 Å². The molecule has 0 aliphatic rings. The lowest BCUT2D eigenvalue weighted by atomic mass is 10.1. The first-order chi connectivity index (χ1) is 17.4. The summed E-state index contributed by atoms with van der Waals surface area (Å²) < 4.78 is 42.6. The van der Waals surface area contributed by atoms with Crippen LogP contribution in [0.4, 0.5) is 10.1 Å². The monoisotopic (exact) mass is 574 g/mol. The Bertz CT molecular complexity index is 1200. The van der Waals surface area contributed by atoms with Gasteiger partial charge in [-0.3, -0.25) is 9.59 Å². The number of benzene rings is 2. The average Bonchev–Trinajstić information content (AvgIpc) is 2.85. The van der Waals surface area contributed by atoms with Crippen LogP contribution in [0.15, 0.2) is 42.5 Å². The maximum Gasteiger partial charge on any atom is 0.304 e. The van der Waals surface area contributed by atoms with Gasteiger partial charge in [-0.05, 0) is 42.7 Å². The molecular formula is C25H33Cl2FN4O4S. The molecule has 0 spiro atoms. The predicted molar refractivity (Wildman–Crippen MR) is 145 cm³/mol. The second-order valence-corrected chi connectivity index (χ2v) is 11.5. The first kappa shape index (κ1) is 30.8. The van der Waals surface area contributed by atoms with Crippen molar-refractivity contribution in [1.29, 1.82) is 0 Å². The van der Waals surface area contributed by atoms with Crippen molar-refractivity contribution in [3.8, 4) is 0 Å². The van der Waals surface area contributed by atoms with Crippen molar-refractivity contribution in [2.45, 2.75) is 45.7 Å². The zero-order valence-electron chi connectivity index (χ0n) is 21.4. The Kier molecular flexibility index (Phi) is 11.6. The molecule has 2 aromatic rings. The highest BCUT2D eigenvalue weighted by atomic mass is 35.5. The number of unbranched alkanes of at least 4 members (excludes halogenated alkanes) is 1. The van der Waals surface area contributed by atoms with Crippen molar-refractivity contribution < 1.29 is 22.4 Å². The van der Waals surface area contributed by atoms with E-state index in [9.17, 15) is 22.4 Å². The molecule has 204 valence electrons. The Morgan fingerprint density at radius 3 is 2.30 bits per heavy atom. The molecule has 2 aromatic carbocycles. The summed E-state index contributed by atoms with van der Waals surface area (Å²) in [5.41, 5.74) is 0.315. The van der Waals surface area contributed by atoms with Crippen molar-refractivity contribution >= 4 is 50.9 Å². The molecule has 0 aromatic heterocycles. The van der Waals surface area contributed by atoms with Crippen LogP contribution < -0.4 is 9.62 Å². The van der Waals surface area contributed by atoms with E-state index >= 15 is 0 Å². The van der Waals surface area contributed by atoms with Crippen LogP contribution in [0.3, 0.4) is 0 Å². The molecule has 12 heteroatoms. The highest BCUT2D eigenvalue weighted by molar-refractivity contribution is 7.90. The summed E-state index contributed by atoms with van der Waals surface area (Å²) in [7, 11) is -1.68. The van der Waals surface area contributed by atoms with E-state index in [-0.39, 0.29) is 29.6 Å². The Morgan fingerprint density at radius 1 is 1.05 bits per heavy atom. The van der Waals surface area contributed by atoms with Gasteiger partial charge in [0.2, 0.25) is 11.8 Å². The van der Waals surface area contributed by atoms with Gasteiger partial charge in [-0.15, -0.1) is 0 Å². The minimum absolute atomic E-state index is 0.0391. The van der Waals surface area contributed by atoms with Crippen LogP contribution in [0.5, 0.6) is 0 Å². The molecule has 0 heterocycles. The first-order valence-corrected chi connectivity index (χ1v) is 14.0. The Labute approximate surface area is 228 Å². The standard InChI is InChI=1S/C25H33Cl2FN4O4S/c1-5-7-14-29-25(34)22(6-2)31(16-18-12-13-19(26)20(27)15-18)24(33)17-32(37(35,36)30(3)4)23-11-9-8-10-21(23)28/h8-13,15,22H,5-7,14,16-17H2,1-4H3,(H,29,34). The zero-order chi connectivity index (χ0) is 27.8. The van der Waals surface area contributed by atoms with Crippen molar-refractivity contribution in [3.63, 3.8) is 0 Å². The van der Waals surface area contributed by atoms with Crippen LogP contribution >= 0.6 is 23.2 Å². The molecule has 0 saturated carbocycles. The molecule has 0 aliphatic carbocycles. The molecule has 0 radical (unpaired) electrons. The highest BCUT2D eigenvalue weighted by Crippen LogP contribution is 2.26. The normalized spacial score (nSPS) is 12.3. The number of halogens is 3. The number of nitrogens with one attached hydrogen (secondary N) is 1. The number of hydrogen-bond donors (Lipinski definition) is 1. The molecule has 2 rings (SSSR count). The fraction of sp³-hybridized carbons (Fsp3) is 0.440. The number of hydrogen-bond acceptors (Lipinski definition) is 4. The topological polar surface area (TPSA) is 90.0 Å². The summed E-state index contributed by atoms with van der Waals surface area (Å²) in [5, 5.41) is 3.44. The largest absolute Gasteiger partial charge is 0.354 e. The molecule has 1 unspecified atom stereocenters. The van der Waals surface area contributed by atoms with E-state index in [4.69, 9.17) is 23.2 Å². The molecule has 2 amide bonds. The van der Waals surface area contributed by atoms with E-state index < -0.39 is 34.5 Å². The Morgan fingerprint density at radius 2 is 1.73 bits per heavy atom. The second-order valence-electron chi connectivity index (χ2n) is 8.59. The predicted octanol–water partition coefficient (Wildman–Crippen LogP) is 4.47. The van der Waals surface area contributed by atoms with E-state index in [0.717, 1.165) is 23.2 Å². The van der Waals surface area contributed by atoms with Crippen molar-refractivity contribution in [2.24, 2.45) is 0 Å². The lowest BCUT2D eigenvalue weighted by molar-refractivity contribution is -0.140. The summed E-state index contributed by atoms with van der Waals surface area (Å²) in [5.74, 6) is -1.85. The Balaban J connectivity index is 2.51. The van der Waals surface area contributed by atoms with Crippen LogP contribution in [0.1, 0.15) is 38.7 Å². The molecule has 0 bridgehead atoms. The summed E-state index contributed by atoms with van der Waals surface area (Å²) in [6.45, 7) is 3.43. The van der Waals surface area contributed by atoms with E-state index in [0.29, 0.717) is 21.4 Å². The lowest BCUT2D eigenvalue weighted by Gasteiger charge is -2.34. The molecule has 0 saturated heterocycles. The van der Waals surface area contributed by atoms with Crippen LogP contribution in [-0.2, 0) is 26.3 Å². The smallest absolute Gasteiger partial charge is 0.304 e. The third kappa shape index (κ3) is 8.04. The maximum absolute atomic E-state index is 14.7. The quantitative estimate of drug-likeness (QED) is 0.357. The number of nitrogens with zero attached hydrogens (tertiary/aromatic N) is 3. The van der Waals surface area contributed by atoms with Gasteiger partial charge in [-0.1, -0.05) is 61.7 Å². The van der Waals surface area contributed by atoms with E-state index in [1.807, 2.05) is 6.92 Å². The van der Waals surface area contributed by atoms with Crippen LogP contribution in [0, 0.1) is 5.82 Å². The van der Waals surface area contributed by atoms with E-state index in [1.54, 1.807) is 25.1 Å². The summed E-state index contributed by atoms with van der Waals surface area (Å²) in [4.78, 5) is 28.1. The van der Waals surface area contributed by atoms with Crippen LogP contribution in [-0.4, -0.2) is 62.7 Å². The van der Waals surface area contributed by atoms with Crippen molar-refractivity contribution in [3.05, 3.63) is 63.9 Å². The second kappa shape index (κ2) is 13.9. The number of carbonyl (C=O) groups excluding carboxylic acids is 2. The average molecular weight is 576 g/mol. The molecule has 37 heavy (non-hydrogen) atoms. The Hall–Kier alpha value is -2.40. The summed E-state index contributed by atoms with van der Waals surface area (Å²) in [6, 6.07) is 9.22. The van der Waals surface area contributed by atoms with Gasteiger partial charge in [-0.2, -0.15) is 12.7 Å². The molecule has 8 nitrogen and oxygen atoms in total. The fourth-order valence-electron chi connectivity index (χ4n) is 3.62. The summed E-state index contributed by atoms with van der Waals surface area (Å²) >= 11 is 12.2. The van der Waals surface area contributed by atoms with Gasteiger partial charge in [-0.25, -0.2) is 8.70 Å². The van der Waals surface area contributed by atoms with Crippen molar-refractivity contribution in [1.82, 2.24) is 14.5 Å². The SMILES string of the molecule is CCCCNC(=O)C(CC)N(Cc1ccc(Cl)c(Cl)c1)C(=O)CN(c1ccccc1F)S(=O)(=O)N(C)C. The zero-order valence-corrected chi connectivity index (χ0v) is 23.7. The molecule has 0 aliphatic heterocycles. The van der Waals surface area contributed by atoms with Crippen LogP contribution in [0.2, 0.25) is 10.0 Å². The number of para-hydroxylation sites is 1. The van der Waals surface area contributed by atoms with Gasteiger partial charge in [0.1, 0.15) is 18.4 Å². The van der Waals surface area contributed by atoms with Gasteiger partial charge in [0, 0.05) is 27.2 Å². The van der Waals surface area contributed by atoms with E-state index in [1.165, 1.54) is 37.2 Å². The highest BCUT2D eigenvalue weighted by Gasteiger charge is 2.34. The third-order valence-electron chi connectivity index (χ3n) is 5.69. The molecule has 1 atom stereocenters. The van der Waals surface area contributed by atoms with Gasteiger partial charge < -0.3 is 10.2 Å². The third-order valence-corrected chi connectivity index (χ3v) is 8.24. The minimum Gasteiger partial charge on any atom is -0.354 e. The lowest BCUT2D eigenvalue weighted by Crippen LogP contribution is -2.53. The molecule has 0 fully saturated rings. The number of amides is 2. The first-order valence-electron chi connectivity index (χ1n) is 11.9. The number of anilines is 1. The van der Waals surface area contributed by atoms with Gasteiger partial charge in [0.25, 0.3) is 0 Å². The van der Waals surface area contributed by atoms with Crippen LogP contribution in [0.25, 0.3) is 0 Å². The van der Waals surface area contributed by atoms with Gasteiger partial charge >= 0.3 is 10.2 Å². The van der Waals surface area contributed by atoms with Gasteiger partial charge in [0.05, 0.1) is 15.7 Å². The van der Waals surface area contributed by atoms with Crippen molar-refractivity contribution in [2.75, 3.05) is 31.5 Å². The number of carbonyl (C=O) groups is 2. The summed E-state index contributed by atoms with van der Waals surface area (Å²) in [6.07, 6.45) is 1.92. The molecular weight excluding hydrogens is 542 g/mol.